The predicted octanol–water partition coefficient (Wildman–Crippen LogP) is 2.99. The topological polar surface area (TPSA) is 76.0 Å². The van der Waals surface area contributed by atoms with Crippen LogP contribution in [0.3, 0.4) is 0 Å². The van der Waals surface area contributed by atoms with Crippen LogP contribution in [0.25, 0.3) is 11.5 Å². The summed E-state index contributed by atoms with van der Waals surface area (Å²) in [5, 5.41) is 10.4. The summed E-state index contributed by atoms with van der Waals surface area (Å²) < 4.78 is 10.7. The molecule has 6 heteroatoms. The molecule has 0 fully saturated rings. The number of anilines is 1. The molecule has 6 nitrogen and oxygen atoms in total. The number of nitrogens with one attached hydrogen (secondary N) is 2. The Balaban J connectivity index is 1.72. The Kier molecular flexibility index (Phi) is 3.59. The molecule has 0 radical (unpaired) electrons. The minimum atomic E-state index is 0.593. The highest BCUT2D eigenvalue weighted by Gasteiger charge is 2.10. The molecule has 0 bridgehead atoms. The van der Waals surface area contributed by atoms with Crippen LogP contribution in [-0.2, 0) is 6.54 Å². The average molecular weight is 284 g/mol. The molecule has 3 heterocycles. The van der Waals surface area contributed by atoms with Gasteiger partial charge in [0.25, 0.3) is 0 Å². The van der Waals surface area contributed by atoms with E-state index in [0.29, 0.717) is 12.4 Å². The number of ether oxygens (including phenoxy) is 1. The molecule has 0 saturated heterocycles. The van der Waals surface area contributed by atoms with Gasteiger partial charge in [-0.2, -0.15) is 5.10 Å². The van der Waals surface area contributed by atoms with E-state index in [1.807, 2.05) is 31.2 Å². The predicted molar refractivity (Wildman–Crippen MR) is 79.1 cm³/mol. The number of aromatic amines is 1. The molecular weight excluding hydrogens is 268 g/mol. The van der Waals surface area contributed by atoms with Gasteiger partial charge in [0.2, 0.25) is 5.88 Å². The number of hydrogen-bond donors (Lipinski definition) is 2. The molecule has 0 unspecified atom stereocenters. The third kappa shape index (κ3) is 2.89. The minimum Gasteiger partial charge on any atom is -0.481 e. The molecule has 108 valence electrons. The summed E-state index contributed by atoms with van der Waals surface area (Å²) in [6.07, 6.45) is 3.52. The molecule has 3 rings (SSSR count). The summed E-state index contributed by atoms with van der Waals surface area (Å²) in [5.74, 6) is 2.25. The van der Waals surface area contributed by atoms with Gasteiger partial charge in [-0.25, -0.2) is 4.98 Å². The largest absolute Gasteiger partial charge is 0.481 e. The maximum Gasteiger partial charge on any atom is 0.213 e. The molecule has 0 amide bonds. The fourth-order valence-corrected chi connectivity index (χ4v) is 2.03. The summed E-state index contributed by atoms with van der Waals surface area (Å²) in [6, 6.07) is 7.60. The van der Waals surface area contributed by atoms with Crippen molar-refractivity contribution < 1.29 is 9.15 Å². The van der Waals surface area contributed by atoms with Crippen molar-refractivity contribution in [3.63, 3.8) is 0 Å². The molecule has 0 aliphatic carbocycles. The molecule has 0 aliphatic heterocycles. The minimum absolute atomic E-state index is 0.593. The first-order valence-corrected chi connectivity index (χ1v) is 6.59. The van der Waals surface area contributed by atoms with Crippen LogP contribution in [0.4, 0.5) is 5.69 Å². The van der Waals surface area contributed by atoms with Crippen molar-refractivity contribution in [3.8, 4) is 17.3 Å². The third-order valence-electron chi connectivity index (χ3n) is 3.13. The lowest BCUT2D eigenvalue weighted by Gasteiger charge is -2.06. The molecule has 3 aromatic heterocycles. The summed E-state index contributed by atoms with van der Waals surface area (Å²) in [7, 11) is 1.60. The molecule has 0 aliphatic rings. The average Bonchev–Trinajstić information content (AvgIpc) is 3.14. The van der Waals surface area contributed by atoms with Crippen LogP contribution in [0.2, 0.25) is 0 Å². The SMILES string of the molecule is COc1ccc(NCc2cn[nH]c2-c2ccc(C)o2)cn1. The Morgan fingerprint density at radius 1 is 1.24 bits per heavy atom. The van der Waals surface area contributed by atoms with Crippen molar-refractivity contribution in [2.24, 2.45) is 0 Å². The van der Waals surface area contributed by atoms with Gasteiger partial charge < -0.3 is 14.5 Å². The second-order valence-electron chi connectivity index (χ2n) is 4.62. The Bertz CT molecular complexity index is 715. The van der Waals surface area contributed by atoms with Gasteiger partial charge in [-0.15, -0.1) is 0 Å². The van der Waals surface area contributed by atoms with Crippen molar-refractivity contribution in [1.29, 1.82) is 0 Å². The first-order valence-electron chi connectivity index (χ1n) is 6.59. The summed E-state index contributed by atoms with van der Waals surface area (Å²) >= 11 is 0. The fraction of sp³-hybridized carbons (Fsp3) is 0.200. The lowest BCUT2D eigenvalue weighted by molar-refractivity contribution is 0.398. The van der Waals surface area contributed by atoms with Crippen LogP contribution in [0, 0.1) is 6.92 Å². The van der Waals surface area contributed by atoms with Gasteiger partial charge in [-0.1, -0.05) is 0 Å². The third-order valence-corrected chi connectivity index (χ3v) is 3.13. The molecule has 0 saturated carbocycles. The number of nitrogens with zero attached hydrogens (tertiary/aromatic N) is 2. The van der Waals surface area contributed by atoms with E-state index < -0.39 is 0 Å². The van der Waals surface area contributed by atoms with E-state index in [4.69, 9.17) is 9.15 Å². The van der Waals surface area contributed by atoms with Crippen molar-refractivity contribution in [2.75, 3.05) is 12.4 Å². The van der Waals surface area contributed by atoms with Crippen LogP contribution in [0.5, 0.6) is 5.88 Å². The molecule has 3 aromatic rings. The van der Waals surface area contributed by atoms with Crippen LogP contribution in [0.1, 0.15) is 11.3 Å². The highest BCUT2D eigenvalue weighted by atomic mass is 16.5. The van der Waals surface area contributed by atoms with Crippen molar-refractivity contribution in [1.82, 2.24) is 15.2 Å². The highest BCUT2D eigenvalue weighted by molar-refractivity contribution is 5.57. The summed E-state index contributed by atoms with van der Waals surface area (Å²) in [4.78, 5) is 4.15. The van der Waals surface area contributed by atoms with Crippen LogP contribution >= 0.6 is 0 Å². The van der Waals surface area contributed by atoms with E-state index >= 15 is 0 Å². The van der Waals surface area contributed by atoms with Gasteiger partial charge in [0.1, 0.15) is 11.5 Å². The Hall–Kier alpha value is -2.76. The van der Waals surface area contributed by atoms with Crippen molar-refractivity contribution in [3.05, 3.63) is 48.0 Å². The molecule has 0 aromatic carbocycles. The number of aromatic nitrogens is 3. The Morgan fingerprint density at radius 3 is 2.81 bits per heavy atom. The monoisotopic (exact) mass is 284 g/mol. The van der Waals surface area contributed by atoms with Crippen molar-refractivity contribution >= 4 is 5.69 Å². The fourth-order valence-electron chi connectivity index (χ4n) is 2.03. The van der Waals surface area contributed by atoms with Gasteiger partial charge in [0.05, 0.1) is 25.2 Å². The summed E-state index contributed by atoms with van der Waals surface area (Å²) in [5.41, 5.74) is 2.83. The first-order chi connectivity index (χ1) is 10.3. The molecule has 0 spiro atoms. The number of aryl methyl sites for hydroxylation is 1. The zero-order valence-electron chi connectivity index (χ0n) is 11.9. The maximum absolute atomic E-state index is 5.62. The Morgan fingerprint density at radius 2 is 2.14 bits per heavy atom. The number of rotatable bonds is 5. The molecular formula is C15H16N4O2. The van der Waals surface area contributed by atoms with E-state index in [0.717, 1.165) is 28.5 Å². The van der Waals surface area contributed by atoms with Gasteiger partial charge in [-0.05, 0) is 25.1 Å². The van der Waals surface area contributed by atoms with E-state index in [-0.39, 0.29) is 0 Å². The number of furan rings is 1. The quantitative estimate of drug-likeness (QED) is 0.753. The van der Waals surface area contributed by atoms with Gasteiger partial charge in [0, 0.05) is 18.2 Å². The number of pyridine rings is 1. The molecule has 21 heavy (non-hydrogen) atoms. The second-order valence-corrected chi connectivity index (χ2v) is 4.62. The smallest absolute Gasteiger partial charge is 0.213 e. The second kappa shape index (κ2) is 5.70. The normalized spacial score (nSPS) is 10.6. The Labute approximate surface area is 122 Å². The zero-order valence-corrected chi connectivity index (χ0v) is 11.9. The van der Waals surface area contributed by atoms with Gasteiger partial charge >= 0.3 is 0 Å². The van der Waals surface area contributed by atoms with Crippen LogP contribution in [-0.4, -0.2) is 22.3 Å². The van der Waals surface area contributed by atoms with Crippen LogP contribution < -0.4 is 10.1 Å². The van der Waals surface area contributed by atoms with E-state index in [1.165, 1.54) is 0 Å². The van der Waals surface area contributed by atoms with E-state index in [9.17, 15) is 0 Å². The first kappa shape index (κ1) is 13.2. The number of hydrogen-bond acceptors (Lipinski definition) is 5. The van der Waals surface area contributed by atoms with E-state index in [2.05, 4.69) is 20.5 Å². The lowest BCUT2D eigenvalue weighted by Crippen LogP contribution is -2.00. The lowest BCUT2D eigenvalue weighted by atomic mass is 10.2. The van der Waals surface area contributed by atoms with E-state index in [1.54, 1.807) is 19.5 Å². The molecule has 0 atom stereocenters. The zero-order chi connectivity index (χ0) is 14.7. The summed E-state index contributed by atoms with van der Waals surface area (Å²) in [6.45, 7) is 2.54. The van der Waals surface area contributed by atoms with Gasteiger partial charge in [-0.3, -0.25) is 5.10 Å². The maximum atomic E-state index is 5.62. The van der Waals surface area contributed by atoms with Gasteiger partial charge in [0.15, 0.2) is 5.76 Å². The van der Waals surface area contributed by atoms with Crippen LogP contribution in [0.15, 0.2) is 41.1 Å². The number of H-pyrrole nitrogens is 1. The molecule has 2 N–H and O–H groups in total. The standard InChI is InChI=1S/C15H16N4O2/c1-10-3-5-13(21-10)15-11(8-18-19-15)7-16-12-4-6-14(20-2)17-9-12/h3-6,8-9,16H,7H2,1-2H3,(H,18,19). The highest BCUT2D eigenvalue weighted by Crippen LogP contribution is 2.24. The number of methoxy groups -OCH3 is 1. The van der Waals surface area contributed by atoms with Crippen molar-refractivity contribution in [2.45, 2.75) is 13.5 Å².